The lowest BCUT2D eigenvalue weighted by atomic mass is 9.95. The SMILES string of the molecule is CN(c1ccc(CC(=O)NC2CCCCC2)cc1)S(=O)(=O)c1ccccc1. The van der Waals surface area contributed by atoms with Gasteiger partial charge in [0.2, 0.25) is 5.91 Å². The average Bonchev–Trinajstić information content (AvgIpc) is 2.69. The Morgan fingerprint density at radius 1 is 1.00 bits per heavy atom. The Morgan fingerprint density at radius 2 is 1.63 bits per heavy atom. The van der Waals surface area contributed by atoms with Crippen molar-refractivity contribution in [2.45, 2.75) is 49.5 Å². The summed E-state index contributed by atoms with van der Waals surface area (Å²) in [7, 11) is -2.06. The average molecular weight is 387 g/mol. The minimum Gasteiger partial charge on any atom is -0.353 e. The van der Waals surface area contributed by atoms with Crippen LogP contribution in [0.1, 0.15) is 37.7 Å². The molecule has 0 radical (unpaired) electrons. The van der Waals surface area contributed by atoms with Gasteiger partial charge in [0.15, 0.2) is 0 Å². The maximum atomic E-state index is 12.7. The molecule has 27 heavy (non-hydrogen) atoms. The smallest absolute Gasteiger partial charge is 0.264 e. The van der Waals surface area contributed by atoms with Crippen molar-refractivity contribution < 1.29 is 13.2 Å². The van der Waals surface area contributed by atoms with E-state index < -0.39 is 10.0 Å². The number of anilines is 1. The predicted molar refractivity (Wildman–Crippen MR) is 107 cm³/mol. The molecular weight excluding hydrogens is 360 g/mol. The third kappa shape index (κ3) is 4.89. The Balaban J connectivity index is 1.63. The van der Waals surface area contributed by atoms with Gasteiger partial charge in [0, 0.05) is 13.1 Å². The zero-order valence-electron chi connectivity index (χ0n) is 15.6. The molecule has 0 saturated heterocycles. The first-order chi connectivity index (χ1) is 13.0. The molecule has 2 aromatic carbocycles. The Hall–Kier alpha value is -2.34. The summed E-state index contributed by atoms with van der Waals surface area (Å²) in [6.45, 7) is 0. The topological polar surface area (TPSA) is 66.5 Å². The molecule has 3 rings (SSSR count). The van der Waals surface area contributed by atoms with Crippen LogP contribution in [0.25, 0.3) is 0 Å². The second-order valence-electron chi connectivity index (χ2n) is 7.03. The van der Waals surface area contributed by atoms with Gasteiger partial charge >= 0.3 is 0 Å². The van der Waals surface area contributed by atoms with Gasteiger partial charge in [-0.05, 0) is 42.7 Å². The summed E-state index contributed by atoms with van der Waals surface area (Å²) >= 11 is 0. The van der Waals surface area contributed by atoms with Crippen molar-refractivity contribution >= 4 is 21.6 Å². The first-order valence-corrected chi connectivity index (χ1v) is 10.8. The zero-order valence-corrected chi connectivity index (χ0v) is 16.4. The van der Waals surface area contributed by atoms with Crippen LogP contribution in [0.5, 0.6) is 0 Å². The van der Waals surface area contributed by atoms with Gasteiger partial charge in [-0.1, -0.05) is 49.6 Å². The summed E-state index contributed by atoms with van der Waals surface area (Å²) in [6.07, 6.45) is 6.06. The van der Waals surface area contributed by atoms with Crippen molar-refractivity contribution in [3.8, 4) is 0 Å². The van der Waals surface area contributed by atoms with E-state index in [1.807, 2.05) is 12.1 Å². The third-order valence-electron chi connectivity index (χ3n) is 5.04. The van der Waals surface area contributed by atoms with Crippen LogP contribution in [0.3, 0.4) is 0 Å². The summed E-state index contributed by atoms with van der Waals surface area (Å²) in [5.74, 6) is 0.0277. The van der Waals surface area contributed by atoms with Gasteiger partial charge in [0.05, 0.1) is 17.0 Å². The molecular formula is C21H26N2O3S. The Kier molecular flexibility index (Phi) is 6.16. The second kappa shape index (κ2) is 8.57. The summed E-state index contributed by atoms with van der Waals surface area (Å²) in [5, 5.41) is 3.11. The molecule has 1 saturated carbocycles. The standard InChI is InChI=1S/C21H26N2O3S/c1-23(27(25,26)20-10-6-3-7-11-20)19-14-12-17(13-15-19)16-21(24)22-18-8-4-2-5-9-18/h3,6-7,10-15,18H,2,4-5,8-9,16H2,1H3,(H,22,24). The highest BCUT2D eigenvalue weighted by Gasteiger charge is 2.21. The van der Waals surface area contributed by atoms with Crippen molar-refractivity contribution in [2.24, 2.45) is 0 Å². The van der Waals surface area contributed by atoms with E-state index in [9.17, 15) is 13.2 Å². The number of nitrogens with zero attached hydrogens (tertiary/aromatic N) is 1. The summed E-state index contributed by atoms with van der Waals surface area (Å²) in [5.41, 5.74) is 1.44. The monoisotopic (exact) mass is 386 g/mol. The number of benzene rings is 2. The Bertz CT molecular complexity index is 858. The highest BCUT2D eigenvalue weighted by Crippen LogP contribution is 2.22. The molecule has 5 nitrogen and oxygen atoms in total. The molecule has 1 amide bonds. The van der Waals surface area contributed by atoms with Gasteiger partial charge in [0.25, 0.3) is 10.0 Å². The van der Waals surface area contributed by atoms with E-state index in [-0.39, 0.29) is 10.8 Å². The molecule has 0 bridgehead atoms. The van der Waals surface area contributed by atoms with Crippen molar-refractivity contribution in [1.29, 1.82) is 0 Å². The van der Waals surface area contributed by atoms with E-state index in [0.717, 1.165) is 18.4 Å². The lowest BCUT2D eigenvalue weighted by Gasteiger charge is -2.23. The van der Waals surface area contributed by atoms with Crippen LogP contribution in [0.4, 0.5) is 5.69 Å². The van der Waals surface area contributed by atoms with Gasteiger partial charge < -0.3 is 5.32 Å². The predicted octanol–water partition coefficient (Wildman–Crippen LogP) is 3.50. The number of hydrogen-bond acceptors (Lipinski definition) is 3. The van der Waals surface area contributed by atoms with Crippen LogP contribution in [-0.4, -0.2) is 27.4 Å². The molecule has 0 aromatic heterocycles. The summed E-state index contributed by atoms with van der Waals surface area (Å²) in [6, 6.07) is 15.8. The van der Waals surface area contributed by atoms with Crippen LogP contribution in [0, 0.1) is 0 Å². The molecule has 0 unspecified atom stereocenters. The highest BCUT2D eigenvalue weighted by atomic mass is 32.2. The fourth-order valence-electron chi connectivity index (χ4n) is 3.42. The Morgan fingerprint density at radius 3 is 2.26 bits per heavy atom. The number of rotatable bonds is 6. The molecule has 0 heterocycles. The van der Waals surface area contributed by atoms with Gasteiger partial charge in [-0.25, -0.2) is 8.42 Å². The normalized spacial score (nSPS) is 15.3. The lowest BCUT2D eigenvalue weighted by molar-refractivity contribution is -0.121. The first kappa shape index (κ1) is 19.4. The molecule has 2 aromatic rings. The molecule has 144 valence electrons. The first-order valence-electron chi connectivity index (χ1n) is 9.39. The third-order valence-corrected chi connectivity index (χ3v) is 6.84. The van der Waals surface area contributed by atoms with Crippen LogP contribution in [-0.2, 0) is 21.2 Å². The molecule has 0 atom stereocenters. The van der Waals surface area contributed by atoms with Crippen molar-refractivity contribution in [3.05, 3.63) is 60.2 Å². The van der Waals surface area contributed by atoms with Crippen molar-refractivity contribution in [2.75, 3.05) is 11.4 Å². The molecule has 1 aliphatic carbocycles. The molecule has 1 fully saturated rings. The number of nitrogens with one attached hydrogen (secondary N) is 1. The number of hydrogen-bond donors (Lipinski definition) is 1. The van der Waals surface area contributed by atoms with Crippen LogP contribution in [0.15, 0.2) is 59.5 Å². The van der Waals surface area contributed by atoms with E-state index in [1.54, 1.807) is 42.5 Å². The number of carbonyl (C=O) groups excluding carboxylic acids is 1. The maximum absolute atomic E-state index is 12.7. The van der Waals surface area contributed by atoms with Gasteiger partial charge in [-0.3, -0.25) is 9.10 Å². The fraction of sp³-hybridized carbons (Fsp3) is 0.381. The summed E-state index contributed by atoms with van der Waals surface area (Å²) in [4.78, 5) is 12.5. The highest BCUT2D eigenvalue weighted by molar-refractivity contribution is 7.92. The van der Waals surface area contributed by atoms with E-state index in [1.165, 1.54) is 30.6 Å². The van der Waals surface area contributed by atoms with Crippen molar-refractivity contribution in [1.82, 2.24) is 5.32 Å². The Labute approximate surface area is 161 Å². The van der Waals surface area contributed by atoms with Crippen LogP contribution in [0.2, 0.25) is 0 Å². The minimum absolute atomic E-state index is 0.0277. The van der Waals surface area contributed by atoms with E-state index in [4.69, 9.17) is 0 Å². The summed E-state index contributed by atoms with van der Waals surface area (Å²) < 4.78 is 26.6. The van der Waals surface area contributed by atoms with Gasteiger partial charge in [-0.2, -0.15) is 0 Å². The van der Waals surface area contributed by atoms with E-state index in [2.05, 4.69) is 5.32 Å². The fourth-order valence-corrected chi connectivity index (χ4v) is 4.64. The van der Waals surface area contributed by atoms with Crippen LogP contribution < -0.4 is 9.62 Å². The van der Waals surface area contributed by atoms with Gasteiger partial charge in [0.1, 0.15) is 0 Å². The molecule has 0 spiro atoms. The number of carbonyl (C=O) groups is 1. The lowest BCUT2D eigenvalue weighted by Crippen LogP contribution is -2.37. The van der Waals surface area contributed by atoms with Gasteiger partial charge in [-0.15, -0.1) is 0 Å². The van der Waals surface area contributed by atoms with E-state index in [0.29, 0.717) is 18.2 Å². The quantitative estimate of drug-likeness (QED) is 0.826. The molecule has 1 N–H and O–H groups in total. The van der Waals surface area contributed by atoms with Crippen molar-refractivity contribution in [3.63, 3.8) is 0 Å². The molecule has 6 heteroatoms. The largest absolute Gasteiger partial charge is 0.353 e. The maximum Gasteiger partial charge on any atom is 0.264 e. The molecule has 1 aliphatic rings. The number of sulfonamides is 1. The second-order valence-corrected chi connectivity index (χ2v) is 9.00. The molecule has 0 aliphatic heterocycles. The van der Waals surface area contributed by atoms with E-state index >= 15 is 0 Å². The number of amides is 1. The van der Waals surface area contributed by atoms with Crippen LogP contribution >= 0.6 is 0 Å². The minimum atomic E-state index is -3.59. The zero-order chi connectivity index (χ0) is 19.3.